The number of ether oxygens (including phenoxy) is 1. The topological polar surface area (TPSA) is 81.6 Å². The second-order valence-electron chi connectivity index (χ2n) is 8.85. The molecule has 2 saturated heterocycles. The molecule has 3 heterocycles. The first-order valence-corrected chi connectivity index (χ1v) is 8.91. The van der Waals surface area contributed by atoms with Crippen LogP contribution in [0.1, 0.15) is 58.3 Å². The Morgan fingerprint density at radius 1 is 1.38 bits per heavy atom. The second-order valence-corrected chi connectivity index (χ2v) is 8.85. The van der Waals surface area contributed by atoms with Crippen LogP contribution in [0.25, 0.3) is 0 Å². The predicted octanol–water partition coefficient (Wildman–Crippen LogP) is 1.57. The van der Waals surface area contributed by atoms with Gasteiger partial charge in [-0.3, -0.25) is 10.00 Å². The Morgan fingerprint density at radius 2 is 2.04 bits per heavy atom. The second kappa shape index (κ2) is 6.09. The molecule has 24 heavy (non-hydrogen) atoms. The lowest BCUT2D eigenvalue weighted by Crippen LogP contribution is -2.59. The SMILES string of the molecule is CC(C)(C)c1cc(CN2CCC3(CC2)C[C@](C)(O)[C@@H](O)CO3)[nH]n1. The lowest BCUT2D eigenvalue weighted by molar-refractivity contribution is -0.223. The minimum absolute atomic E-state index is 0.0586. The fraction of sp³-hybridized carbons (Fsp3) is 0.833. The smallest absolute Gasteiger partial charge is 0.106 e. The van der Waals surface area contributed by atoms with E-state index in [1.54, 1.807) is 6.92 Å². The molecule has 6 heteroatoms. The lowest BCUT2D eigenvalue weighted by atomic mass is 9.76. The molecule has 2 aliphatic heterocycles. The molecule has 0 saturated carbocycles. The Balaban J connectivity index is 1.57. The van der Waals surface area contributed by atoms with Gasteiger partial charge in [0.25, 0.3) is 0 Å². The number of H-pyrrole nitrogens is 1. The van der Waals surface area contributed by atoms with Gasteiger partial charge in [-0.1, -0.05) is 20.8 Å². The zero-order valence-electron chi connectivity index (χ0n) is 15.3. The summed E-state index contributed by atoms with van der Waals surface area (Å²) in [4.78, 5) is 2.40. The summed E-state index contributed by atoms with van der Waals surface area (Å²) in [6.45, 7) is 11.1. The van der Waals surface area contributed by atoms with Gasteiger partial charge < -0.3 is 14.9 Å². The Hall–Kier alpha value is -0.950. The summed E-state index contributed by atoms with van der Waals surface area (Å²) in [5.74, 6) is 0. The quantitative estimate of drug-likeness (QED) is 0.763. The van der Waals surface area contributed by atoms with Gasteiger partial charge in [0.05, 0.1) is 23.5 Å². The van der Waals surface area contributed by atoms with E-state index in [1.165, 1.54) is 0 Å². The van der Waals surface area contributed by atoms with Crippen LogP contribution in [0.4, 0.5) is 0 Å². The molecular weight excluding hydrogens is 306 g/mol. The fourth-order valence-electron chi connectivity index (χ4n) is 3.76. The highest BCUT2D eigenvalue weighted by atomic mass is 16.5. The maximum absolute atomic E-state index is 10.4. The van der Waals surface area contributed by atoms with E-state index in [-0.39, 0.29) is 17.6 Å². The van der Waals surface area contributed by atoms with Crippen molar-refractivity contribution in [1.82, 2.24) is 15.1 Å². The number of nitrogens with one attached hydrogen (secondary N) is 1. The van der Waals surface area contributed by atoms with Gasteiger partial charge in [-0.15, -0.1) is 0 Å². The molecule has 2 fully saturated rings. The van der Waals surface area contributed by atoms with Crippen molar-refractivity contribution in [2.45, 2.75) is 76.2 Å². The molecule has 0 radical (unpaired) electrons. The summed E-state index contributed by atoms with van der Waals surface area (Å²) in [7, 11) is 0. The van der Waals surface area contributed by atoms with Gasteiger partial charge in [0.2, 0.25) is 0 Å². The molecular formula is C18H31N3O3. The number of aliphatic hydroxyl groups excluding tert-OH is 1. The molecule has 0 aromatic carbocycles. The van der Waals surface area contributed by atoms with E-state index < -0.39 is 11.7 Å². The van der Waals surface area contributed by atoms with Crippen molar-refractivity contribution in [3.05, 3.63) is 17.5 Å². The van der Waals surface area contributed by atoms with Gasteiger partial charge in [0.1, 0.15) is 6.10 Å². The first-order chi connectivity index (χ1) is 11.1. The molecule has 6 nitrogen and oxygen atoms in total. The van der Waals surface area contributed by atoms with Crippen molar-refractivity contribution >= 4 is 0 Å². The van der Waals surface area contributed by atoms with Crippen LogP contribution in [0.2, 0.25) is 0 Å². The van der Waals surface area contributed by atoms with Crippen molar-refractivity contribution in [1.29, 1.82) is 0 Å². The number of aliphatic hydroxyl groups is 2. The molecule has 3 rings (SSSR count). The molecule has 2 atom stereocenters. The number of aromatic amines is 1. The molecule has 0 bridgehead atoms. The van der Waals surface area contributed by atoms with E-state index in [0.717, 1.165) is 43.9 Å². The van der Waals surface area contributed by atoms with Crippen LogP contribution in [0, 0.1) is 0 Å². The zero-order chi connectivity index (χ0) is 17.6. The van der Waals surface area contributed by atoms with Crippen molar-refractivity contribution < 1.29 is 14.9 Å². The van der Waals surface area contributed by atoms with Crippen molar-refractivity contribution in [3.63, 3.8) is 0 Å². The van der Waals surface area contributed by atoms with Crippen molar-refractivity contribution in [2.75, 3.05) is 19.7 Å². The monoisotopic (exact) mass is 337 g/mol. The Bertz CT molecular complexity index is 568. The first-order valence-electron chi connectivity index (χ1n) is 8.91. The average molecular weight is 337 g/mol. The summed E-state index contributed by atoms with van der Waals surface area (Å²) in [6.07, 6.45) is 1.49. The highest BCUT2D eigenvalue weighted by Crippen LogP contribution is 2.39. The standard InChI is InChI=1S/C18H31N3O3/c1-16(2,3)14-9-13(19-20-14)10-21-7-5-18(6-8-21)12-17(4,23)15(22)11-24-18/h9,15,22-23H,5-8,10-12H2,1-4H3,(H,19,20)/t15-,17-/m0/s1. The fourth-order valence-corrected chi connectivity index (χ4v) is 3.76. The van der Waals surface area contributed by atoms with Gasteiger partial charge in [-0.2, -0.15) is 5.10 Å². The number of hydrogen-bond acceptors (Lipinski definition) is 5. The predicted molar refractivity (Wildman–Crippen MR) is 91.7 cm³/mol. The summed E-state index contributed by atoms with van der Waals surface area (Å²) >= 11 is 0. The number of nitrogens with zero attached hydrogens (tertiary/aromatic N) is 2. The average Bonchev–Trinajstić information content (AvgIpc) is 2.94. The molecule has 1 aromatic rings. The highest BCUT2D eigenvalue weighted by Gasteiger charge is 2.48. The first kappa shape index (κ1) is 17.9. The summed E-state index contributed by atoms with van der Waals surface area (Å²) in [5, 5.41) is 27.8. The molecule has 136 valence electrons. The van der Waals surface area contributed by atoms with Crippen LogP contribution in [0.5, 0.6) is 0 Å². The van der Waals surface area contributed by atoms with Gasteiger partial charge >= 0.3 is 0 Å². The maximum Gasteiger partial charge on any atom is 0.106 e. The van der Waals surface area contributed by atoms with Crippen molar-refractivity contribution in [2.24, 2.45) is 0 Å². The summed E-state index contributed by atoms with van der Waals surface area (Å²) < 4.78 is 5.94. The van der Waals surface area contributed by atoms with E-state index in [9.17, 15) is 10.2 Å². The third-order valence-electron chi connectivity index (χ3n) is 5.51. The number of aromatic nitrogens is 2. The molecule has 0 aliphatic carbocycles. The van der Waals surface area contributed by atoms with Crippen LogP contribution < -0.4 is 0 Å². The third kappa shape index (κ3) is 3.67. The van der Waals surface area contributed by atoms with E-state index in [1.807, 2.05) is 0 Å². The van der Waals surface area contributed by atoms with E-state index >= 15 is 0 Å². The Morgan fingerprint density at radius 3 is 2.58 bits per heavy atom. The zero-order valence-corrected chi connectivity index (χ0v) is 15.3. The number of piperidine rings is 1. The van der Waals surface area contributed by atoms with E-state index in [0.29, 0.717) is 6.42 Å². The molecule has 0 unspecified atom stereocenters. The van der Waals surface area contributed by atoms with Gasteiger partial charge in [-0.25, -0.2) is 0 Å². The van der Waals surface area contributed by atoms with Crippen LogP contribution in [-0.4, -0.2) is 62.3 Å². The molecule has 2 aliphatic rings. The van der Waals surface area contributed by atoms with Crippen LogP contribution in [0.15, 0.2) is 6.07 Å². The minimum atomic E-state index is -1.05. The number of likely N-dealkylation sites (tertiary alicyclic amines) is 1. The van der Waals surface area contributed by atoms with Gasteiger partial charge in [0.15, 0.2) is 0 Å². The summed E-state index contributed by atoms with van der Waals surface area (Å²) in [6, 6.07) is 2.16. The van der Waals surface area contributed by atoms with E-state index in [4.69, 9.17) is 4.74 Å². The normalized spacial score (nSPS) is 31.5. The lowest BCUT2D eigenvalue weighted by Gasteiger charge is -2.49. The molecule has 1 spiro atoms. The van der Waals surface area contributed by atoms with Gasteiger partial charge in [0, 0.05) is 37.2 Å². The molecule has 1 aromatic heterocycles. The van der Waals surface area contributed by atoms with E-state index in [2.05, 4.69) is 41.9 Å². The Labute approximate surface area is 144 Å². The largest absolute Gasteiger partial charge is 0.388 e. The minimum Gasteiger partial charge on any atom is -0.388 e. The Kier molecular flexibility index (Phi) is 4.53. The third-order valence-corrected chi connectivity index (χ3v) is 5.51. The molecule has 3 N–H and O–H groups in total. The van der Waals surface area contributed by atoms with Crippen LogP contribution in [-0.2, 0) is 16.7 Å². The van der Waals surface area contributed by atoms with Crippen LogP contribution >= 0.6 is 0 Å². The highest BCUT2D eigenvalue weighted by molar-refractivity contribution is 5.16. The number of rotatable bonds is 2. The number of hydrogen-bond donors (Lipinski definition) is 3. The van der Waals surface area contributed by atoms with Crippen LogP contribution in [0.3, 0.4) is 0 Å². The molecule has 0 amide bonds. The van der Waals surface area contributed by atoms with Gasteiger partial charge in [-0.05, 0) is 25.8 Å². The summed E-state index contributed by atoms with van der Waals surface area (Å²) in [5.41, 5.74) is 0.951. The maximum atomic E-state index is 10.4. The van der Waals surface area contributed by atoms with Crippen molar-refractivity contribution in [3.8, 4) is 0 Å².